The minimum absolute atomic E-state index is 0.493. The first kappa shape index (κ1) is 12.4. The summed E-state index contributed by atoms with van der Waals surface area (Å²) in [6.07, 6.45) is 1.17. The molecule has 5 nitrogen and oxygen atoms in total. The largest absolute Gasteiger partial charge is 0.379 e. The lowest BCUT2D eigenvalue weighted by Gasteiger charge is -2.32. The first-order valence-electron chi connectivity index (χ1n) is 6.81. The van der Waals surface area contributed by atoms with E-state index < -0.39 is 0 Å². The predicted molar refractivity (Wildman–Crippen MR) is 72.0 cm³/mol. The molecule has 0 radical (unpaired) electrons. The van der Waals surface area contributed by atoms with Crippen molar-refractivity contribution in [2.24, 2.45) is 0 Å². The molecular formula is C14H18N4O. The van der Waals surface area contributed by atoms with E-state index in [2.05, 4.69) is 20.9 Å². The fourth-order valence-corrected chi connectivity index (χ4v) is 2.85. The molecule has 0 aliphatic carbocycles. The van der Waals surface area contributed by atoms with E-state index in [4.69, 9.17) is 10.00 Å². The van der Waals surface area contributed by atoms with Crippen molar-refractivity contribution in [3.63, 3.8) is 0 Å². The van der Waals surface area contributed by atoms with Crippen LogP contribution in [0.15, 0.2) is 18.2 Å². The van der Waals surface area contributed by atoms with E-state index in [1.807, 2.05) is 12.1 Å². The van der Waals surface area contributed by atoms with Crippen molar-refractivity contribution in [1.29, 1.82) is 5.26 Å². The number of anilines is 1. The highest BCUT2D eigenvalue weighted by atomic mass is 16.5. The number of morpholine rings is 1. The molecule has 19 heavy (non-hydrogen) atoms. The van der Waals surface area contributed by atoms with Gasteiger partial charge in [-0.05, 0) is 18.6 Å². The van der Waals surface area contributed by atoms with Crippen molar-refractivity contribution in [3.8, 4) is 6.07 Å². The molecule has 0 bridgehead atoms. The molecule has 5 heteroatoms. The van der Waals surface area contributed by atoms with Gasteiger partial charge in [0, 0.05) is 32.2 Å². The molecule has 0 N–H and O–H groups in total. The maximum atomic E-state index is 8.91. The van der Waals surface area contributed by atoms with Crippen LogP contribution in [-0.4, -0.2) is 55.3 Å². The Kier molecular flexibility index (Phi) is 3.62. The van der Waals surface area contributed by atoms with Crippen LogP contribution >= 0.6 is 0 Å². The topological polar surface area (TPSA) is 52.4 Å². The third-order valence-electron chi connectivity index (χ3n) is 3.90. The number of ether oxygens (including phenoxy) is 1. The molecule has 100 valence electrons. The Morgan fingerprint density at radius 1 is 1.26 bits per heavy atom. The molecule has 2 fully saturated rings. The van der Waals surface area contributed by atoms with Gasteiger partial charge in [-0.1, -0.05) is 6.07 Å². The molecule has 2 saturated heterocycles. The first-order valence-corrected chi connectivity index (χ1v) is 6.81. The highest BCUT2D eigenvalue weighted by Crippen LogP contribution is 2.22. The standard InChI is InChI=1S/C14H18N4O/c15-10-12-2-1-3-14(16-12)18-5-4-13(11-18)17-6-8-19-9-7-17/h1-3,13H,4-9,11H2. The van der Waals surface area contributed by atoms with Crippen LogP contribution in [0.5, 0.6) is 0 Å². The van der Waals surface area contributed by atoms with Crippen LogP contribution in [0.4, 0.5) is 5.82 Å². The second kappa shape index (κ2) is 5.55. The lowest BCUT2D eigenvalue weighted by molar-refractivity contribution is 0.0209. The summed E-state index contributed by atoms with van der Waals surface area (Å²) in [5.41, 5.74) is 0.493. The zero-order valence-electron chi connectivity index (χ0n) is 11.0. The molecule has 0 amide bonds. The van der Waals surface area contributed by atoms with Gasteiger partial charge in [-0.15, -0.1) is 0 Å². The van der Waals surface area contributed by atoms with Crippen LogP contribution in [0.3, 0.4) is 0 Å². The van der Waals surface area contributed by atoms with Gasteiger partial charge in [0.15, 0.2) is 0 Å². The van der Waals surface area contributed by atoms with Gasteiger partial charge in [0.05, 0.1) is 13.2 Å². The average Bonchev–Trinajstić information content (AvgIpc) is 2.98. The Hall–Kier alpha value is -1.64. The van der Waals surface area contributed by atoms with E-state index in [1.54, 1.807) is 6.07 Å². The quantitative estimate of drug-likeness (QED) is 0.787. The number of hydrogen-bond acceptors (Lipinski definition) is 5. The minimum atomic E-state index is 0.493. The Balaban J connectivity index is 1.66. The molecule has 1 aromatic rings. The Morgan fingerprint density at radius 2 is 2.11 bits per heavy atom. The SMILES string of the molecule is N#Cc1cccc(N2CCC(N3CCOCC3)C2)n1. The molecule has 0 spiro atoms. The summed E-state index contributed by atoms with van der Waals surface area (Å²) < 4.78 is 5.40. The third kappa shape index (κ3) is 2.70. The maximum Gasteiger partial charge on any atom is 0.142 e. The van der Waals surface area contributed by atoms with Crippen molar-refractivity contribution in [2.75, 3.05) is 44.3 Å². The van der Waals surface area contributed by atoms with Gasteiger partial charge in [0.25, 0.3) is 0 Å². The summed E-state index contributed by atoms with van der Waals surface area (Å²) in [5.74, 6) is 0.926. The van der Waals surface area contributed by atoms with E-state index in [9.17, 15) is 0 Å². The lowest BCUT2D eigenvalue weighted by Crippen LogP contribution is -2.44. The zero-order valence-corrected chi connectivity index (χ0v) is 11.0. The summed E-state index contributed by atoms with van der Waals surface area (Å²) >= 11 is 0. The molecule has 2 aliphatic rings. The molecule has 3 rings (SSSR count). The Labute approximate surface area is 113 Å². The zero-order chi connectivity index (χ0) is 13.1. The number of aromatic nitrogens is 1. The number of hydrogen-bond donors (Lipinski definition) is 0. The van der Waals surface area contributed by atoms with Crippen LogP contribution in [0.25, 0.3) is 0 Å². The van der Waals surface area contributed by atoms with Gasteiger partial charge >= 0.3 is 0 Å². The number of pyridine rings is 1. The van der Waals surface area contributed by atoms with E-state index >= 15 is 0 Å². The lowest BCUT2D eigenvalue weighted by atomic mass is 10.2. The van der Waals surface area contributed by atoms with Gasteiger partial charge in [-0.25, -0.2) is 4.98 Å². The fourth-order valence-electron chi connectivity index (χ4n) is 2.85. The van der Waals surface area contributed by atoms with Crippen molar-refractivity contribution < 1.29 is 4.74 Å². The predicted octanol–water partition coefficient (Wildman–Crippen LogP) is 0.864. The molecule has 1 atom stereocenters. The van der Waals surface area contributed by atoms with Crippen LogP contribution in [-0.2, 0) is 4.74 Å². The maximum absolute atomic E-state index is 8.91. The van der Waals surface area contributed by atoms with E-state index in [0.29, 0.717) is 11.7 Å². The number of rotatable bonds is 2. The molecule has 0 saturated carbocycles. The molecule has 3 heterocycles. The third-order valence-corrected chi connectivity index (χ3v) is 3.90. The molecular weight excluding hydrogens is 240 g/mol. The Morgan fingerprint density at radius 3 is 2.89 bits per heavy atom. The number of nitriles is 1. The molecule has 0 aromatic carbocycles. The molecule has 1 unspecified atom stereocenters. The highest BCUT2D eigenvalue weighted by molar-refractivity contribution is 5.42. The van der Waals surface area contributed by atoms with Gasteiger partial charge in [-0.3, -0.25) is 4.90 Å². The average molecular weight is 258 g/mol. The second-order valence-electron chi connectivity index (χ2n) is 5.03. The molecule has 2 aliphatic heterocycles. The van der Waals surface area contributed by atoms with Gasteiger partial charge in [0.1, 0.15) is 17.6 Å². The van der Waals surface area contributed by atoms with Gasteiger partial charge in [-0.2, -0.15) is 5.26 Å². The van der Waals surface area contributed by atoms with E-state index in [0.717, 1.165) is 45.2 Å². The monoisotopic (exact) mass is 258 g/mol. The second-order valence-corrected chi connectivity index (χ2v) is 5.03. The summed E-state index contributed by atoms with van der Waals surface area (Å²) in [7, 11) is 0. The summed E-state index contributed by atoms with van der Waals surface area (Å²) in [6.45, 7) is 5.78. The molecule has 1 aromatic heterocycles. The van der Waals surface area contributed by atoms with Crippen LogP contribution in [0, 0.1) is 11.3 Å². The van der Waals surface area contributed by atoms with E-state index in [-0.39, 0.29) is 0 Å². The van der Waals surface area contributed by atoms with Gasteiger partial charge < -0.3 is 9.64 Å². The van der Waals surface area contributed by atoms with Crippen LogP contribution in [0.2, 0.25) is 0 Å². The Bertz CT molecular complexity index is 479. The van der Waals surface area contributed by atoms with E-state index in [1.165, 1.54) is 6.42 Å². The first-order chi connectivity index (χ1) is 9.36. The van der Waals surface area contributed by atoms with Crippen LogP contribution in [0.1, 0.15) is 12.1 Å². The van der Waals surface area contributed by atoms with Crippen molar-refractivity contribution in [1.82, 2.24) is 9.88 Å². The van der Waals surface area contributed by atoms with Crippen molar-refractivity contribution >= 4 is 5.82 Å². The summed E-state index contributed by atoms with van der Waals surface area (Å²) in [5, 5.41) is 8.91. The van der Waals surface area contributed by atoms with Crippen molar-refractivity contribution in [3.05, 3.63) is 23.9 Å². The van der Waals surface area contributed by atoms with Crippen molar-refractivity contribution in [2.45, 2.75) is 12.5 Å². The van der Waals surface area contributed by atoms with Crippen LogP contribution < -0.4 is 4.90 Å². The highest BCUT2D eigenvalue weighted by Gasteiger charge is 2.29. The smallest absolute Gasteiger partial charge is 0.142 e. The summed E-state index contributed by atoms with van der Waals surface area (Å²) in [4.78, 5) is 9.16. The fraction of sp³-hybridized carbons (Fsp3) is 0.571. The summed E-state index contributed by atoms with van der Waals surface area (Å²) in [6, 6.07) is 8.34. The minimum Gasteiger partial charge on any atom is -0.379 e. The number of nitrogens with zero attached hydrogens (tertiary/aromatic N) is 4. The van der Waals surface area contributed by atoms with Gasteiger partial charge in [0.2, 0.25) is 0 Å². The normalized spacial score (nSPS) is 24.4.